The van der Waals surface area contributed by atoms with Gasteiger partial charge in [-0.2, -0.15) is 0 Å². The third kappa shape index (κ3) is 1.50. The van der Waals surface area contributed by atoms with Gasteiger partial charge in [0, 0.05) is 24.3 Å². The minimum absolute atomic E-state index is 0.223. The molecule has 1 aliphatic heterocycles. The molecule has 76 valence electrons. The van der Waals surface area contributed by atoms with E-state index in [4.69, 9.17) is 5.73 Å². The summed E-state index contributed by atoms with van der Waals surface area (Å²) in [6.45, 7) is 5.54. The van der Waals surface area contributed by atoms with Gasteiger partial charge in [0.15, 0.2) is 0 Å². The lowest BCUT2D eigenvalue weighted by Crippen LogP contribution is -2.38. The minimum Gasteiger partial charge on any atom is -0.369 e. The second kappa shape index (κ2) is 3.62. The molecule has 0 amide bonds. The molecule has 1 unspecified atom stereocenters. The number of nitrogens with zero attached hydrogens (tertiary/aromatic N) is 1. The highest BCUT2D eigenvalue weighted by atomic mass is 15.2. The summed E-state index contributed by atoms with van der Waals surface area (Å²) in [5.41, 5.74) is 8.70. The molecule has 0 spiro atoms. The van der Waals surface area contributed by atoms with E-state index in [1.54, 1.807) is 0 Å². The van der Waals surface area contributed by atoms with Crippen molar-refractivity contribution in [3.8, 4) is 0 Å². The number of anilines is 1. The monoisotopic (exact) mass is 190 g/mol. The van der Waals surface area contributed by atoms with Crippen molar-refractivity contribution >= 4 is 5.69 Å². The van der Waals surface area contributed by atoms with Crippen molar-refractivity contribution in [2.75, 3.05) is 11.4 Å². The smallest absolute Gasteiger partial charge is 0.0416 e. The number of fused-ring (bicyclic) bond motifs is 1. The van der Waals surface area contributed by atoms with E-state index in [-0.39, 0.29) is 6.04 Å². The van der Waals surface area contributed by atoms with Crippen LogP contribution in [0.15, 0.2) is 24.3 Å². The van der Waals surface area contributed by atoms with Crippen LogP contribution in [-0.2, 0) is 0 Å². The summed E-state index contributed by atoms with van der Waals surface area (Å²) >= 11 is 0. The average Bonchev–Trinajstić information content (AvgIpc) is 2.18. The predicted octanol–water partition coefficient (Wildman–Crippen LogP) is 2.30. The molecule has 0 bridgehead atoms. The van der Waals surface area contributed by atoms with Crippen molar-refractivity contribution in [1.82, 2.24) is 0 Å². The lowest BCUT2D eigenvalue weighted by Gasteiger charge is -2.37. The molecule has 0 fully saturated rings. The molecular formula is C12H18N2. The van der Waals surface area contributed by atoms with Crippen LogP contribution in [0.3, 0.4) is 0 Å². The topological polar surface area (TPSA) is 29.3 Å². The molecule has 2 nitrogen and oxygen atoms in total. The zero-order valence-electron chi connectivity index (χ0n) is 8.90. The Morgan fingerprint density at radius 1 is 1.36 bits per heavy atom. The normalized spacial score (nSPS) is 21.1. The number of benzene rings is 1. The van der Waals surface area contributed by atoms with Gasteiger partial charge in [0.25, 0.3) is 0 Å². The summed E-state index contributed by atoms with van der Waals surface area (Å²) in [6, 6.07) is 9.27. The van der Waals surface area contributed by atoms with Crippen molar-refractivity contribution in [1.29, 1.82) is 0 Å². The minimum atomic E-state index is 0.223. The van der Waals surface area contributed by atoms with E-state index in [2.05, 4.69) is 43.0 Å². The number of hydrogen-bond acceptors (Lipinski definition) is 2. The molecule has 2 N–H and O–H groups in total. The molecule has 1 heterocycles. The van der Waals surface area contributed by atoms with Gasteiger partial charge in [-0.15, -0.1) is 0 Å². The summed E-state index contributed by atoms with van der Waals surface area (Å²) in [6.07, 6.45) is 1.06. The van der Waals surface area contributed by atoms with Crippen LogP contribution in [0.4, 0.5) is 5.69 Å². The van der Waals surface area contributed by atoms with Crippen LogP contribution in [0.1, 0.15) is 31.9 Å². The predicted molar refractivity (Wildman–Crippen MR) is 60.5 cm³/mol. The maximum absolute atomic E-state index is 6.08. The van der Waals surface area contributed by atoms with Gasteiger partial charge in [0.1, 0.15) is 0 Å². The quantitative estimate of drug-likeness (QED) is 0.736. The highest BCUT2D eigenvalue weighted by Crippen LogP contribution is 2.32. The van der Waals surface area contributed by atoms with Gasteiger partial charge in [-0.25, -0.2) is 0 Å². The molecular weight excluding hydrogens is 172 g/mol. The van der Waals surface area contributed by atoms with Crippen LogP contribution in [0.2, 0.25) is 0 Å². The van der Waals surface area contributed by atoms with E-state index >= 15 is 0 Å². The van der Waals surface area contributed by atoms with Gasteiger partial charge in [0.2, 0.25) is 0 Å². The highest BCUT2D eigenvalue weighted by molar-refractivity contribution is 5.57. The Labute approximate surface area is 85.7 Å². The first-order valence-electron chi connectivity index (χ1n) is 5.31. The molecule has 2 heteroatoms. The van der Waals surface area contributed by atoms with Crippen molar-refractivity contribution in [2.24, 2.45) is 5.73 Å². The van der Waals surface area contributed by atoms with E-state index in [1.807, 2.05) is 0 Å². The first-order valence-corrected chi connectivity index (χ1v) is 5.31. The molecule has 0 aromatic heterocycles. The number of nitrogens with two attached hydrogens (primary N) is 1. The van der Waals surface area contributed by atoms with Crippen molar-refractivity contribution in [3.05, 3.63) is 29.8 Å². The first-order chi connectivity index (χ1) is 6.70. The van der Waals surface area contributed by atoms with Crippen LogP contribution >= 0.6 is 0 Å². The van der Waals surface area contributed by atoms with Crippen molar-refractivity contribution in [2.45, 2.75) is 32.4 Å². The Bertz CT molecular complexity index is 320. The summed E-state index contributed by atoms with van der Waals surface area (Å²) in [5, 5.41) is 0. The van der Waals surface area contributed by atoms with Gasteiger partial charge in [0.05, 0.1) is 0 Å². The van der Waals surface area contributed by atoms with Crippen LogP contribution in [-0.4, -0.2) is 12.6 Å². The fourth-order valence-corrected chi connectivity index (χ4v) is 2.15. The van der Waals surface area contributed by atoms with Gasteiger partial charge in [-0.05, 0) is 31.9 Å². The zero-order chi connectivity index (χ0) is 10.1. The van der Waals surface area contributed by atoms with Crippen LogP contribution in [0.25, 0.3) is 0 Å². The summed E-state index contributed by atoms with van der Waals surface area (Å²) < 4.78 is 0. The molecule has 1 atom stereocenters. The molecule has 14 heavy (non-hydrogen) atoms. The Morgan fingerprint density at radius 2 is 2.07 bits per heavy atom. The van der Waals surface area contributed by atoms with Gasteiger partial charge in [-0.1, -0.05) is 18.2 Å². The maximum Gasteiger partial charge on any atom is 0.0416 e. The molecule has 2 rings (SSSR count). The number of para-hydroxylation sites is 1. The third-order valence-electron chi connectivity index (χ3n) is 2.95. The molecule has 0 saturated heterocycles. The van der Waals surface area contributed by atoms with Gasteiger partial charge >= 0.3 is 0 Å². The number of hydrogen-bond donors (Lipinski definition) is 1. The molecule has 0 aliphatic carbocycles. The van der Waals surface area contributed by atoms with Crippen molar-refractivity contribution in [3.63, 3.8) is 0 Å². The third-order valence-corrected chi connectivity index (χ3v) is 2.95. The molecule has 0 radical (unpaired) electrons. The summed E-state index contributed by atoms with van der Waals surface area (Å²) in [4.78, 5) is 2.43. The Morgan fingerprint density at radius 3 is 2.79 bits per heavy atom. The van der Waals surface area contributed by atoms with E-state index < -0.39 is 0 Å². The van der Waals surface area contributed by atoms with Gasteiger partial charge in [-0.3, -0.25) is 0 Å². The average molecular weight is 190 g/mol. The Balaban J connectivity index is 2.41. The fraction of sp³-hybridized carbons (Fsp3) is 0.500. The standard InChI is InChI=1S/C12H18N2/c1-9(2)14-8-7-11(13)10-5-3-4-6-12(10)14/h3-6,9,11H,7-8,13H2,1-2H3. The number of rotatable bonds is 1. The molecule has 1 aromatic carbocycles. The summed E-state index contributed by atoms with van der Waals surface area (Å²) in [7, 11) is 0. The Hall–Kier alpha value is -1.02. The van der Waals surface area contributed by atoms with Crippen LogP contribution < -0.4 is 10.6 Å². The van der Waals surface area contributed by atoms with Crippen molar-refractivity contribution < 1.29 is 0 Å². The van der Waals surface area contributed by atoms with E-state index in [0.29, 0.717) is 6.04 Å². The Kier molecular flexibility index (Phi) is 2.46. The lowest BCUT2D eigenvalue weighted by atomic mass is 9.96. The fourth-order valence-electron chi connectivity index (χ4n) is 2.15. The van der Waals surface area contributed by atoms with E-state index in [0.717, 1.165) is 13.0 Å². The molecule has 0 saturated carbocycles. The molecule has 1 aliphatic rings. The van der Waals surface area contributed by atoms with Crippen LogP contribution in [0, 0.1) is 0 Å². The van der Waals surface area contributed by atoms with E-state index in [1.165, 1.54) is 11.3 Å². The largest absolute Gasteiger partial charge is 0.369 e. The van der Waals surface area contributed by atoms with Gasteiger partial charge < -0.3 is 10.6 Å². The van der Waals surface area contributed by atoms with E-state index in [9.17, 15) is 0 Å². The van der Waals surface area contributed by atoms with Crippen LogP contribution in [0.5, 0.6) is 0 Å². The first kappa shape index (κ1) is 9.53. The highest BCUT2D eigenvalue weighted by Gasteiger charge is 2.23. The molecule has 1 aromatic rings. The second-order valence-corrected chi connectivity index (χ2v) is 4.24. The SMILES string of the molecule is CC(C)N1CCC(N)c2ccccc21. The summed E-state index contributed by atoms with van der Waals surface area (Å²) in [5.74, 6) is 0. The zero-order valence-corrected chi connectivity index (χ0v) is 8.90. The maximum atomic E-state index is 6.08. The second-order valence-electron chi connectivity index (χ2n) is 4.24. The lowest BCUT2D eigenvalue weighted by molar-refractivity contribution is 0.559.